The molecular formula is C16H18ClN3O3. The first-order chi connectivity index (χ1) is 10.9. The first-order valence-corrected chi connectivity index (χ1v) is 8.07. The van der Waals surface area contributed by atoms with Crippen LogP contribution in [0.5, 0.6) is 0 Å². The Bertz CT molecular complexity index is 788. The van der Waals surface area contributed by atoms with E-state index in [1.54, 1.807) is 0 Å². The van der Waals surface area contributed by atoms with Gasteiger partial charge in [-0.25, -0.2) is 9.97 Å². The van der Waals surface area contributed by atoms with E-state index in [-0.39, 0.29) is 24.2 Å². The molecule has 0 N–H and O–H groups in total. The molecule has 2 aliphatic rings. The zero-order valence-electron chi connectivity index (χ0n) is 13.2. The molecule has 4 rings (SSSR count). The molecule has 1 aliphatic carbocycles. The van der Waals surface area contributed by atoms with Gasteiger partial charge in [0.25, 0.3) is 0 Å². The fraction of sp³-hybridized carbons (Fsp3) is 0.562. The number of carbonyl (C=O) groups is 1. The van der Waals surface area contributed by atoms with Gasteiger partial charge in [-0.1, -0.05) is 11.6 Å². The second kappa shape index (κ2) is 5.00. The maximum atomic E-state index is 11.5. The van der Waals surface area contributed by atoms with E-state index in [1.165, 1.54) is 6.33 Å². The van der Waals surface area contributed by atoms with E-state index < -0.39 is 5.79 Å². The molecule has 2 fully saturated rings. The van der Waals surface area contributed by atoms with Crippen molar-refractivity contribution in [1.82, 2.24) is 14.5 Å². The third-order valence-electron chi connectivity index (χ3n) is 4.76. The highest BCUT2D eigenvalue weighted by molar-refractivity contribution is 6.34. The van der Waals surface area contributed by atoms with Crippen molar-refractivity contribution in [3.05, 3.63) is 23.2 Å². The first kappa shape index (κ1) is 15.1. The van der Waals surface area contributed by atoms with Gasteiger partial charge in [0.1, 0.15) is 29.5 Å². The monoisotopic (exact) mass is 335 g/mol. The Morgan fingerprint density at radius 1 is 1.35 bits per heavy atom. The number of hydrogen-bond acceptors (Lipinski definition) is 5. The molecule has 23 heavy (non-hydrogen) atoms. The van der Waals surface area contributed by atoms with Gasteiger partial charge in [-0.3, -0.25) is 0 Å². The van der Waals surface area contributed by atoms with Crippen LogP contribution < -0.4 is 0 Å². The van der Waals surface area contributed by atoms with Crippen LogP contribution in [-0.4, -0.2) is 38.8 Å². The predicted molar refractivity (Wildman–Crippen MR) is 84.3 cm³/mol. The summed E-state index contributed by atoms with van der Waals surface area (Å²) in [5, 5.41) is 1.29. The lowest BCUT2D eigenvalue weighted by Gasteiger charge is -2.23. The van der Waals surface area contributed by atoms with Gasteiger partial charge in [-0.15, -0.1) is 0 Å². The number of aldehydes is 1. The molecule has 0 spiro atoms. The summed E-state index contributed by atoms with van der Waals surface area (Å²) in [5.74, 6) is -0.860. The Hall–Kier alpha value is -1.50. The van der Waals surface area contributed by atoms with Gasteiger partial charge in [0.2, 0.25) is 0 Å². The molecule has 1 saturated carbocycles. The molecule has 6 nitrogen and oxygen atoms in total. The molecule has 0 bridgehead atoms. The Kier molecular flexibility index (Phi) is 3.27. The second-order valence-electron chi connectivity index (χ2n) is 6.75. The summed E-state index contributed by atoms with van der Waals surface area (Å²) in [4.78, 5) is 19.9. The molecule has 1 saturated heterocycles. The van der Waals surface area contributed by atoms with E-state index in [9.17, 15) is 4.79 Å². The van der Waals surface area contributed by atoms with Crippen LogP contribution in [0.1, 0.15) is 31.9 Å². The molecule has 0 radical (unpaired) electrons. The topological polar surface area (TPSA) is 66.2 Å². The Morgan fingerprint density at radius 3 is 2.83 bits per heavy atom. The molecule has 122 valence electrons. The third kappa shape index (κ3) is 2.20. The summed E-state index contributed by atoms with van der Waals surface area (Å²) in [7, 11) is 0. The van der Waals surface area contributed by atoms with Crippen molar-refractivity contribution >= 4 is 28.9 Å². The lowest BCUT2D eigenvalue weighted by molar-refractivity contribution is -0.160. The SMILES string of the molecule is Cc1cn([C@@H]2C[C@H](C=O)[C@H]3OC(C)(C)O[C@H]32)c2ncnc(Cl)c12. The second-order valence-corrected chi connectivity index (χ2v) is 7.11. The highest BCUT2D eigenvalue weighted by atomic mass is 35.5. The zero-order chi connectivity index (χ0) is 16.4. The minimum absolute atomic E-state index is 0.0147. The molecule has 3 heterocycles. The van der Waals surface area contributed by atoms with Gasteiger partial charge in [0.15, 0.2) is 5.79 Å². The highest BCUT2D eigenvalue weighted by Crippen LogP contribution is 2.47. The quantitative estimate of drug-likeness (QED) is 0.623. The van der Waals surface area contributed by atoms with E-state index in [2.05, 4.69) is 14.5 Å². The van der Waals surface area contributed by atoms with Gasteiger partial charge < -0.3 is 18.8 Å². The number of fused-ring (bicyclic) bond motifs is 2. The van der Waals surface area contributed by atoms with Crippen LogP contribution in [-0.2, 0) is 14.3 Å². The number of nitrogens with zero attached hydrogens (tertiary/aromatic N) is 3. The van der Waals surface area contributed by atoms with Crippen molar-refractivity contribution in [2.75, 3.05) is 0 Å². The number of aryl methyl sites for hydroxylation is 1. The summed E-state index contributed by atoms with van der Waals surface area (Å²) in [6.45, 7) is 5.73. The number of aromatic nitrogens is 3. The van der Waals surface area contributed by atoms with Gasteiger partial charge in [-0.05, 0) is 32.8 Å². The van der Waals surface area contributed by atoms with E-state index in [1.807, 2.05) is 27.0 Å². The average Bonchev–Trinajstić information content (AvgIpc) is 3.08. The summed E-state index contributed by atoms with van der Waals surface area (Å²) < 4.78 is 14.1. The standard InChI is InChI=1S/C16H18ClN3O3/c1-8-5-20(15-11(8)14(17)18-7-19-15)10-4-9(6-21)12-13(10)23-16(2,3)22-12/h5-7,9-10,12-13H,4H2,1-3H3/t9-,10-,12-,13+/m1/s1. The predicted octanol–water partition coefficient (Wildman–Crippen LogP) is 2.67. The van der Waals surface area contributed by atoms with Crippen molar-refractivity contribution in [1.29, 1.82) is 0 Å². The lowest BCUT2D eigenvalue weighted by Crippen LogP contribution is -2.27. The molecule has 2 aromatic rings. The van der Waals surface area contributed by atoms with Gasteiger partial charge in [-0.2, -0.15) is 0 Å². The molecule has 7 heteroatoms. The van der Waals surface area contributed by atoms with Crippen molar-refractivity contribution < 1.29 is 14.3 Å². The molecule has 4 atom stereocenters. The van der Waals surface area contributed by atoms with Gasteiger partial charge in [0, 0.05) is 12.1 Å². The van der Waals surface area contributed by atoms with Gasteiger partial charge in [0.05, 0.1) is 17.5 Å². The van der Waals surface area contributed by atoms with Crippen molar-refractivity contribution in [2.45, 2.75) is 51.2 Å². The van der Waals surface area contributed by atoms with Crippen LogP contribution in [0.4, 0.5) is 0 Å². The fourth-order valence-electron chi connectivity index (χ4n) is 3.88. The maximum Gasteiger partial charge on any atom is 0.163 e. The normalized spacial score (nSPS) is 32.3. The van der Waals surface area contributed by atoms with Crippen LogP contribution in [0, 0.1) is 12.8 Å². The number of rotatable bonds is 2. The molecular weight excluding hydrogens is 318 g/mol. The van der Waals surface area contributed by atoms with Crippen molar-refractivity contribution in [2.24, 2.45) is 5.92 Å². The van der Waals surface area contributed by atoms with E-state index in [4.69, 9.17) is 21.1 Å². The van der Waals surface area contributed by atoms with Crippen molar-refractivity contribution in [3.63, 3.8) is 0 Å². The molecule has 1 aliphatic heterocycles. The molecule has 2 aromatic heterocycles. The Labute approximate surface area is 138 Å². The minimum Gasteiger partial charge on any atom is -0.344 e. The fourth-order valence-corrected chi connectivity index (χ4v) is 4.15. The Morgan fingerprint density at radius 2 is 2.09 bits per heavy atom. The smallest absolute Gasteiger partial charge is 0.163 e. The zero-order valence-corrected chi connectivity index (χ0v) is 13.9. The third-order valence-corrected chi connectivity index (χ3v) is 5.05. The lowest BCUT2D eigenvalue weighted by atomic mass is 10.1. The number of ether oxygens (including phenoxy) is 2. The molecule has 0 aromatic carbocycles. The Balaban J connectivity index is 1.82. The van der Waals surface area contributed by atoms with Crippen LogP contribution in [0.2, 0.25) is 5.15 Å². The summed E-state index contributed by atoms with van der Waals surface area (Å²) in [5.41, 5.74) is 1.78. The maximum absolute atomic E-state index is 11.5. The van der Waals surface area contributed by atoms with Crippen LogP contribution in [0.3, 0.4) is 0 Å². The largest absolute Gasteiger partial charge is 0.344 e. The molecule has 0 amide bonds. The number of hydrogen-bond donors (Lipinski definition) is 0. The summed E-state index contributed by atoms with van der Waals surface area (Å²) in [6.07, 6.45) is 4.71. The van der Waals surface area contributed by atoms with Crippen LogP contribution in [0.25, 0.3) is 11.0 Å². The summed E-state index contributed by atoms with van der Waals surface area (Å²) in [6, 6.07) is -0.0147. The highest BCUT2D eigenvalue weighted by Gasteiger charge is 2.54. The van der Waals surface area contributed by atoms with Crippen molar-refractivity contribution in [3.8, 4) is 0 Å². The average molecular weight is 336 g/mol. The van der Waals surface area contributed by atoms with Gasteiger partial charge >= 0.3 is 0 Å². The van der Waals surface area contributed by atoms with Crippen LogP contribution >= 0.6 is 11.6 Å². The minimum atomic E-state index is -0.681. The van der Waals surface area contributed by atoms with Crippen LogP contribution in [0.15, 0.2) is 12.5 Å². The van der Waals surface area contributed by atoms with E-state index in [0.717, 1.165) is 22.9 Å². The summed E-state index contributed by atoms with van der Waals surface area (Å²) >= 11 is 6.22. The number of halogens is 1. The molecule has 0 unspecified atom stereocenters. The first-order valence-electron chi connectivity index (χ1n) is 7.70. The van der Waals surface area contributed by atoms with E-state index >= 15 is 0 Å². The number of carbonyl (C=O) groups excluding carboxylic acids is 1. The van der Waals surface area contributed by atoms with E-state index in [0.29, 0.717) is 11.6 Å².